The molecule has 20 heavy (non-hydrogen) atoms. The van der Waals surface area contributed by atoms with Crippen molar-refractivity contribution in [1.29, 1.82) is 0 Å². The molecule has 0 saturated heterocycles. The first-order valence-electron chi connectivity index (χ1n) is 6.58. The molecule has 0 saturated carbocycles. The van der Waals surface area contributed by atoms with Gasteiger partial charge in [0.05, 0.1) is 11.4 Å². The largest absolute Gasteiger partial charge is 0.488 e. The fraction of sp³-hybridized carbons (Fsp3) is 0.294. The summed E-state index contributed by atoms with van der Waals surface area (Å²) in [4.78, 5) is 2.21. The molecule has 1 heterocycles. The van der Waals surface area contributed by atoms with E-state index in [1.165, 1.54) is 21.6 Å². The summed E-state index contributed by atoms with van der Waals surface area (Å²) in [5.41, 5.74) is 9.00. The number of thiophene rings is 1. The molecule has 2 N–H and O–H groups in total. The minimum atomic E-state index is 0.394. The van der Waals surface area contributed by atoms with Crippen LogP contribution in [-0.2, 0) is 6.61 Å². The van der Waals surface area contributed by atoms with Gasteiger partial charge >= 0.3 is 0 Å². The van der Waals surface area contributed by atoms with Gasteiger partial charge in [0.25, 0.3) is 0 Å². The first-order chi connectivity index (χ1) is 9.60. The van der Waals surface area contributed by atoms with Crippen LogP contribution in [0.4, 0.5) is 0 Å². The van der Waals surface area contributed by atoms with Gasteiger partial charge in [-0.1, -0.05) is 29.5 Å². The van der Waals surface area contributed by atoms with Gasteiger partial charge in [-0.25, -0.2) is 0 Å². The summed E-state index contributed by atoms with van der Waals surface area (Å²) in [5, 5.41) is 0. The van der Waals surface area contributed by atoms with Crippen LogP contribution >= 0.6 is 11.3 Å². The topological polar surface area (TPSA) is 35.2 Å². The van der Waals surface area contributed by atoms with Crippen molar-refractivity contribution in [3.63, 3.8) is 0 Å². The van der Waals surface area contributed by atoms with Gasteiger partial charge in [0.2, 0.25) is 0 Å². The SMILES string of the molecule is Cc1cc(C)c(OCc2ccc(C#CCN)s2)c(C)c1. The number of hydrogen-bond acceptors (Lipinski definition) is 3. The molecule has 2 rings (SSSR count). The third-order valence-corrected chi connectivity index (χ3v) is 3.91. The molecule has 3 heteroatoms. The number of rotatable bonds is 3. The summed E-state index contributed by atoms with van der Waals surface area (Å²) >= 11 is 1.65. The lowest BCUT2D eigenvalue weighted by molar-refractivity contribution is 0.305. The Morgan fingerprint density at radius 1 is 1.15 bits per heavy atom. The van der Waals surface area contributed by atoms with Crippen LogP contribution in [0, 0.1) is 32.6 Å². The Morgan fingerprint density at radius 3 is 2.50 bits per heavy atom. The average molecular weight is 285 g/mol. The van der Waals surface area contributed by atoms with E-state index in [9.17, 15) is 0 Å². The molecule has 0 atom stereocenters. The third-order valence-electron chi connectivity index (χ3n) is 2.94. The second-order valence-electron chi connectivity index (χ2n) is 4.79. The van der Waals surface area contributed by atoms with Crippen molar-refractivity contribution in [1.82, 2.24) is 0 Å². The molecule has 0 aliphatic carbocycles. The second-order valence-corrected chi connectivity index (χ2v) is 5.96. The highest BCUT2D eigenvalue weighted by Crippen LogP contribution is 2.26. The van der Waals surface area contributed by atoms with Crippen molar-refractivity contribution in [3.8, 4) is 17.6 Å². The zero-order chi connectivity index (χ0) is 14.5. The first-order valence-corrected chi connectivity index (χ1v) is 7.40. The second kappa shape index (κ2) is 6.60. The smallest absolute Gasteiger partial charge is 0.125 e. The van der Waals surface area contributed by atoms with Crippen molar-refractivity contribution in [3.05, 3.63) is 50.7 Å². The Morgan fingerprint density at radius 2 is 1.85 bits per heavy atom. The van der Waals surface area contributed by atoms with E-state index < -0.39 is 0 Å². The predicted molar refractivity (Wildman–Crippen MR) is 85.2 cm³/mol. The van der Waals surface area contributed by atoms with E-state index in [-0.39, 0.29) is 0 Å². The Hall–Kier alpha value is -1.76. The van der Waals surface area contributed by atoms with Crippen molar-refractivity contribution in [2.45, 2.75) is 27.4 Å². The third kappa shape index (κ3) is 3.63. The van der Waals surface area contributed by atoms with Crippen molar-refractivity contribution in [2.24, 2.45) is 5.73 Å². The Labute approximate surface area is 124 Å². The van der Waals surface area contributed by atoms with E-state index in [1.807, 2.05) is 6.07 Å². The van der Waals surface area contributed by atoms with Gasteiger partial charge in [0, 0.05) is 4.88 Å². The highest BCUT2D eigenvalue weighted by atomic mass is 32.1. The normalized spacial score (nSPS) is 10.0. The van der Waals surface area contributed by atoms with Crippen LogP contribution in [0.25, 0.3) is 0 Å². The lowest BCUT2D eigenvalue weighted by atomic mass is 10.1. The summed E-state index contributed by atoms with van der Waals surface area (Å²) < 4.78 is 5.96. The summed E-state index contributed by atoms with van der Waals surface area (Å²) in [6, 6.07) is 8.37. The Balaban J connectivity index is 2.07. The van der Waals surface area contributed by atoms with Gasteiger partial charge in [0.15, 0.2) is 0 Å². The van der Waals surface area contributed by atoms with E-state index in [0.29, 0.717) is 13.2 Å². The molecular weight excluding hydrogens is 266 g/mol. The molecule has 0 amide bonds. The Kier molecular flexibility index (Phi) is 4.84. The van der Waals surface area contributed by atoms with Gasteiger partial charge in [-0.15, -0.1) is 11.3 Å². The standard InChI is InChI=1S/C17H19NOS/c1-12-9-13(2)17(14(3)10-12)19-11-16-7-6-15(20-16)5-4-8-18/h6-7,9-10H,8,11,18H2,1-3H3. The highest BCUT2D eigenvalue weighted by Gasteiger charge is 2.06. The molecule has 0 radical (unpaired) electrons. The quantitative estimate of drug-likeness (QED) is 0.875. The molecule has 1 aromatic carbocycles. The van der Waals surface area contributed by atoms with Crippen LogP contribution < -0.4 is 10.5 Å². The van der Waals surface area contributed by atoms with Gasteiger partial charge in [0.1, 0.15) is 12.4 Å². The van der Waals surface area contributed by atoms with Gasteiger partial charge in [-0.2, -0.15) is 0 Å². The number of benzene rings is 1. The lowest BCUT2D eigenvalue weighted by Crippen LogP contribution is -1.97. The number of ether oxygens (including phenoxy) is 1. The molecule has 0 aliphatic heterocycles. The van der Waals surface area contributed by atoms with E-state index in [2.05, 4.69) is 50.8 Å². The zero-order valence-electron chi connectivity index (χ0n) is 12.1. The van der Waals surface area contributed by atoms with Crippen molar-refractivity contribution in [2.75, 3.05) is 6.54 Å². The van der Waals surface area contributed by atoms with Crippen LogP contribution in [0.3, 0.4) is 0 Å². The maximum atomic E-state index is 5.96. The van der Waals surface area contributed by atoms with Crippen LogP contribution in [0.1, 0.15) is 26.4 Å². The summed E-state index contributed by atoms with van der Waals surface area (Å²) in [6.07, 6.45) is 0. The van der Waals surface area contributed by atoms with Crippen LogP contribution in [0.15, 0.2) is 24.3 Å². The average Bonchev–Trinajstić information content (AvgIpc) is 2.83. The first kappa shape index (κ1) is 14.6. The Bertz CT molecular complexity index is 638. The minimum absolute atomic E-state index is 0.394. The minimum Gasteiger partial charge on any atom is -0.488 e. The van der Waals surface area contributed by atoms with E-state index in [1.54, 1.807) is 11.3 Å². The van der Waals surface area contributed by atoms with Crippen molar-refractivity contribution >= 4 is 11.3 Å². The molecule has 0 bridgehead atoms. The molecule has 0 aliphatic rings. The van der Waals surface area contributed by atoms with Gasteiger partial charge in [-0.05, 0) is 44.0 Å². The molecule has 0 unspecified atom stereocenters. The van der Waals surface area contributed by atoms with Crippen LogP contribution in [0.2, 0.25) is 0 Å². The van der Waals surface area contributed by atoms with Gasteiger partial charge in [-0.3, -0.25) is 0 Å². The maximum Gasteiger partial charge on any atom is 0.125 e. The van der Waals surface area contributed by atoms with E-state index in [4.69, 9.17) is 10.5 Å². The maximum absolute atomic E-state index is 5.96. The molecule has 104 valence electrons. The summed E-state index contributed by atoms with van der Waals surface area (Å²) in [6.45, 7) is 7.25. The number of hydrogen-bond donors (Lipinski definition) is 1. The molecule has 0 spiro atoms. The predicted octanol–water partition coefficient (Wildman–Crippen LogP) is 3.56. The van der Waals surface area contributed by atoms with E-state index in [0.717, 1.165) is 10.6 Å². The monoisotopic (exact) mass is 285 g/mol. The fourth-order valence-corrected chi connectivity index (χ4v) is 2.99. The molecule has 2 nitrogen and oxygen atoms in total. The van der Waals surface area contributed by atoms with Crippen molar-refractivity contribution < 1.29 is 4.74 Å². The summed E-state index contributed by atoms with van der Waals surface area (Å²) in [5.74, 6) is 6.89. The number of nitrogens with two attached hydrogens (primary N) is 1. The zero-order valence-corrected chi connectivity index (χ0v) is 12.9. The van der Waals surface area contributed by atoms with Crippen LogP contribution in [-0.4, -0.2) is 6.54 Å². The lowest BCUT2D eigenvalue weighted by Gasteiger charge is -2.12. The summed E-state index contributed by atoms with van der Waals surface area (Å²) in [7, 11) is 0. The van der Waals surface area contributed by atoms with Gasteiger partial charge < -0.3 is 10.5 Å². The number of aryl methyl sites for hydroxylation is 3. The molecule has 1 aromatic heterocycles. The van der Waals surface area contributed by atoms with Crippen LogP contribution in [0.5, 0.6) is 5.75 Å². The molecule has 2 aromatic rings. The van der Waals surface area contributed by atoms with E-state index >= 15 is 0 Å². The highest BCUT2D eigenvalue weighted by molar-refractivity contribution is 7.12. The molecular formula is C17H19NOS. The fourth-order valence-electron chi connectivity index (χ4n) is 2.20. The molecule has 0 fully saturated rings.